The molecule has 0 bridgehead atoms. The third-order valence-electron chi connectivity index (χ3n) is 3.63. The molecular weight excluding hydrogens is 250 g/mol. The Morgan fingerprint density at radius 1 is 1.00 bits per heavy atom. The molecule has 1 N–H and O–H groups in total. The van der Waals surface area contributed by atoms with E-state index < -0.39 is 0 Å². The third kappa shape index (κ3) is 2.84. The Kier molecular flexibility index (Phi) is 4.00. The van der Waals surface area contributed by atoms with E-state index in [0.717, 1.165) is 25.4 Å². The average molecular weight is 269 g/mol. The summed E-state index contributed by atoms with van der Waals surface area (Å²) in [6.45, 7) is 2.62. The van der Waals surface area contributed by atoms with Gasteiger partial charge in [0.15, 0.2) is 0 Å². The molecule has 0 aliphatic carbocycles. The standard InChI is InChI=1S/C17H19NO2/c1-19-16-8-6-14(7-9-16)13-2-4-15(5-3-13)17-12-18-10-11-20-17/h2-9,17-18H,10-12H2,1H3. The highest BCUT2D eigenvalue weighted by atomic mass is 16.5. The lowest BCUT2D eigenvalue weighted by Crippen LogP contribution is -2.33. The van der Waals surface area contributed by atoms with Gasteiger partial charge in [0.1, 0.15) is 5.75 Å². The second-order valence-electron chi connectivity index (χ2n) is 4.91. The minimum Gasteiger partial charge on any atom is -0.497 e. The van der Waals surface area contributed by atoms with E-state index in [9.17, 15) is 0 Å². The van der Waals surface area contributed by atoms with E-state index in [-0.39, 0.29) is 6.10 Å². The molecule has 2 aromatic rings. The Bertz CT molecular complexity index is 542. The monoisotopic (exact) mass is 269 g/mol. The molecule has 1 heterocycles. The zero-order valence-corrected chi connectivity index (χ0v) is 11.6. The highest BCUT2D eigenvalue weighted by molar-refractivity contribution is 5.64. The van der Waals surface area contributed by atoms with Crippen LogP contribution in [-0.2, 0) is 4.74 Å². The predicted molar refractivity (Wildman–Crippen MR) is 80.0 cm³/mol. The summed E-state index contributed by atoms with van der Waals surface area (Å²) in [5, 5.41) is 3.35. The fraction of sp³-hybridized carbons (Fsp3) is 0.294. The first-order chi connectivity index (χ1) is 9.86. The highest BCUT2D eigenvalue weighted by Crippen LogP contribution is 2.25. The third-order valence-corrected chi connectivity index (χ3v) is 3.63. The van der Waals surface area contributed by atoms with Crippen LogP contribution in [0.3, 0.4) is 0 Å². The highest BCUT2D eigenvalue weighted by Gasteiger charge is 2.15. The van der Waals surface area contributed by atoms with E-state index >= 15 is 0 Å². The van der Waals surface area contributed by atoms with Gasteiger partial charge in [0.05, 0.1) is 19.8 Å². The van der Waals surface area contributed by atoms with Gasteiger partial charge in [-0.05, 0) is 28.8 Å². The fourth-order valence-corrected chi connectivity index (χ4v) is 2.45. The van der Waals surface area contributed by atoms with E-state index in [1.54, 1.807) is 7.11 Å². The van der Waals surface area contributed by atoms with Crippen molar-refractivity contribution in [2.45, 2.75) is 6.10 Å². The van der Waals surface area contributed by atoms with E-state index in [1.165, 1.54) is 16.7 Å². The normalized spacial score (nSPS) is 18.8. The first-order valence-electron chi connectivity index (χ1n) is 6.93. The predicted octanol–water partition coefficient (Wildman–Crippen LogP) is 3.02. The molecule has 0 aromatic heterocycles. The lowest BCUT2D eigenvalue weighted by Gasteiger charge is -2.24. The largest absolute Gasteiger partial charge is 0.497 e. The average Bonchev–Trinajstić information content (AvgIpc) is 2.56. The van der Waals surface area contributed by atoms with Gasteiger partial charge in [-0.1, -0.05) is 36.4 Å². The Labute approximate surface area is 119 Å². The maximum atomic E-state index is 5.76. The second-order valence-corrected chi connectivity index (χ2v) is 4.91. The molecule has 0 radical (unpaired) electrons. The van der Waals surface area contributed by atoms with Gasteiger partial charge in [-0.15, -0.1) is 0 Å². The topological polar surface area (TPSA) is 30.5 Å². The van der Waals surface area contributed by atoms with Crippen LogP contribution in [0.15, 0.2) is 48.5 Å². The number of morpholine rings is 1. The van der Waals surface area contributed by atoms with Crippen molar-refractivity contribution >= 4 is 0 Å². The zero-order chi connectivity index (χ0) is 13.8. The van der Waals surface area contributed by atoms with Gasteiger partial charge >= 0.3 is 0 Å². The number of rotatable bonds is 3. The number of benzene rings is 2. The molecule has 1 saturated heterocycles. The molecule has 0 spiro atoms. The molecule has 1 aliphatic rings. The molecule has 3 rings (SSSR count). The Morgan fingerprint density at radius 3 is 2.20 bits per heavy atom. The fourth-order valence-electron chi connectivity index (χ4n) is 2.45. The van der Waals surface area contributed by atoms with Crippen molar-refractivity contribution < 1.29 is 9.47 Å². The molecule has 2 aromatic carbocycles. The minimum atomic E-state index is 0.175. The molecule has 20 heavy (non-hydrogen) atoms. The van der Waals surface area contributed by atoms with Crippen LogP contribution >= 0.6 is 0 Å². The molecular formula is C17H19NO2. The summed E-state index contributed by atoms with van der Waals surface area (Å²) in [6.07, 6.45) is 0.175. The van der Waals surface area contributed by atoms with Crippen molar-refractivity contribution in [1.29, 1.82) is 0 Å². The van der Waals surface area contributed by atoms with Crippen LogP contribution < -0.4 is 10.1 Å². The smallest absolute Gasteiger partial charge is 0.118 e. The molecule has 104 valence electrons. The minimum absolute atomic E-state index is 0.175. The lowest BCUT2D eigenvalue weighted by molar-refractivity contribution is 0.0277. The zero-order valence-electron chi connectivity index (χ0n) is 11.6. The molecule has 1 fully saturated rings. The van der Waals surface area contributed by atoms with Crippen molar-refractivity contribution in [3.05, 3.63) is 54.1 Å². The van der Waals surface area contributed by atoms with Gasteiger partial charge in [0.25, 0.3) is 0 Å². The summed E-state index contributed by atoms with van der Waals surface area (Å²) in [5.41, 5.74) is 3.63. The first kappa shape index (κ1) is 13.2. The van der Waals surface area contributed by atoms with Crippen molar-refractivity contribution in [2.75, 3.05) is 26.8 Å². The van der Waals surface area contributed by atoms with Gasteiger partial charge in [-0.2, -0.15) is 0 Å². The Balaban J connectivity index is 1.77. The maximum absolute atomic E-state index is 5.76. The van der Waals surface area contributed by atoms with E-state index in [2.05, 4.69) is 41.7 Å². The van der Waals surface area contributed by atoms with Gasteiger partial charge in [-0.25, -0.2) is 0 Å². The first-order valence-corrected chi connectivity index (χ1v) is 6.93. The number of nitrogens with one attached hydrogen (secondary N) is 1. The van der Waals surface area contributed by atoms with Gasteiger partial charge in [0.2, 0.25) is 0 Å². The summed E-state index contributed by atoms with van der Waals surface area (Å²) in [6, 6.07) is 16.7. The molecule has 3 nitrogen and oxygen atoms in total. The SMILES string of the molecule is COc1ccc(-c2ccc(C3CNCCO3)cc2)cc1. The summed E-state index contributed by atoms with van der Waals surface area (Å²) in [4.78, 5) is 0. The lowest BCUT2D eigenvalue weighted by atomic mass is 10.0. The van der Waals surface area contributed by atoms with Gasteiger partial charge in [0, 0.05) is 13.1 Å². The Hall–Kier alpha value is -1.84. The van der Waals surface area contributed by atoms with Crippen LogP contribution in [0.5, 0.6) is 5.75 Å². The van der Waals surface area contributed by atoms with E-state index in [4.69, 9.17) is 9.47 Å². The summed E-state index contributed by atoms with van der Waals surface area (Å²) < 4.78 is 10.9. The second kappa shape index (κ2) is 6.07. The van der Waals surface area contributed by atoms with Crippen LogP contribution in [0.2, 0.25) is 0 Å². The van der Waals surface area contributed by atoms with Crippen molar-refractivity contribution in [1.82, 2.24) is 5.32 Å². The molecule has 3 heteroatoms. The summed E-state index contributed by atoms with van der Waals surface area (Å²) in [5.74, 6) is 0.882. The van der Waals surface area contributed by atoms with Crippen LogP contribution in [0.4, 0.5) is 0 Å². The van der Waals surface area contributed by atoms with Crippen LogP contribution in [-0.4, -0.2) is 26.8 Å². The van der Waals surface area contributed by atoms with Gasteiger partial charge in [-0.3, -0.25) is 0 Å². The summed E-state index contributed by atoms with van der Waals surface area (Å²) in [7, 11) is 1.68. The van der Waals surface area contributed by atoms with Crippen molar-refractivity contribution in [3.63, 3.8) is 0 Å². The van der Waals surface area contributed by atoms with Crippen LogP contribution in [0.25, 0.3) is 11.1 Å². The van der Waals surface area contributed by atoms with Crippen molar-refractivity contribution in [2.24, 2.45) is 0 Å². The van der Waals surface area contributed by atoms with E-state index in [1.807, 2.05) is 12.1 Å². The number of hydrogen-bond donors (Lipinski definition) is 1. The molecule has 1 unspecified atom stereocenters. The summed E-state index contributed by atoms with van der Waals surface area (Å²) >= 11 is 0. The molecule has 0 saturated carbocycles. The van der Waals surface area contributed by atoms with Gasteiger partial charge < -0.3 is 14.8 Å². The van der Waals surface area contributed by atoms with E-state index in [0.29, 0.717) is 0 Å². The Morgan fingerprint density at radius 2 is 1.65 bits per heavy atom. The molecule has 0 amide bonds. The number of methoxy groups -OCH3 is 1. The number of hydrogen-bond acceptors (Lipinski definition) is 3. The molecule has 1 aliphatic heterocycles. The van der Waals surface area contributed by atoms with Crippen molar-refractivity contribution in [3.8, 4) is 16.9 Å². The quantitative estimate of drug-likeness (QED) is 0.929. The number of ether oxygens (including phenoxy) is 2. The molecule has 1 atom stereocenters. The van der Waals surface area contributed by atoms with Crippen LogP contribution in [0, 0.1) is 0 Å². The maximum Gasteiger partial charge on any atom is 0.118 e. The van der Waals surface area contributed by atoms with Crippen LogP contribution in [0.1, 0.15) is 11.7 Å².